The summed E-state index contributed by atoms with van der Waals surface area (Å²) in [6.45, 7) is 3.90. The number of carbonyl (C=O) groups is 3. The van der Waals surface area contributed by atoms with E-state index in [9.17, 15) is 14.4 Å². The number of nitrogens with one attached hydrogen (secondary N) is 2. The van der Waals surface area contributed by atoms with Crippen LogP contribution >= 0.6 is 0 Å². The second-order valence-corrected chi connectivity index (χ2v) is 9.01. The molecule has 1 amide bonds. The van der Waals surface area contributed by atoms with Gasteiger partial charge < -0.3 is 19.9 Å². The summed E-state index contributed by atoms with van der Waals surface area (Å²) < 4.78 is 10.5. The van der Waals surface area contributed by atoms with E-state index in [1.54, 1.807) is 6.07 Å². The minimum Gasteiger partial charge on any atom is -0.480 e. The molecule has 1 aliphatic carbocycles. The Hall–Kier alpha value is -4.17. The van der Waals surface area contributed by atoms with Gasteiger partial charge in [-0.3, -0.25) is 14.9 Å². The number of fused-ring (bicyclic) bond motifs is 3. The third kappa shape index (κ3) is 5.65. The molecule has 3 N–H and O–H groups in total. The quantitative estimate of drug-likeness (QED) is 0.368. The van der Waals surface area contributed by atoms with Crippen molar-refractivity contribution in [1.82, 2.24) is 5.32 Å². The number of hydrogen-bond donors (Lipinski definition) is 3. The van der Waals surface area contributed by atoms with Crippen LogP contribution in [0, 0.1) is 13.8 Å². The van der Waals surface area contributed by atoms with Gasteiger partial charge in [0.15, 0.2) is 0 Å². The normalized spacial score (nSPS) is 12.0. The molecule has 0 fully saturated rings. The first-order valence-electron chi connectivity index (χ1n) is 12.0. The summed E-state index contributed by atoms with van der Waals surface area (Å²) in [5, 5.41) is 14.6. The van der Waals surface area contributed by atoms with Crippen molar-refractivity contribution in [2.24, 2.45) is 0 Å². The van der Waals surface area contributed by atoms with Crippen molar-refractivity contribution in [2.75, 3.05) is 25.6 Å². The van der Waals surface area contributed by atoms with Gasteiger partial charge in [0.05, 0.1) is 20.1 Å². The van der Waals surface area contributed by atoms with Gasteiger partial charge in [-0.25, -0.2) is 4.79 Å². The summed E-state index contributed by atoms with van der Waals surface area (Å²) in [6.07, 6.45) is -0.581. The molecule has 8 heteroatoms. The van der Waals surface area contributed by atoms with Gasteiger partial charge in [-0.15, -0.1) is 0 Å². The highest BCUT2D eigenvalue weighted by molar-refractivity contribution is 5.87. The van der Waals surface area contributed by atoms with E-state index in [-0.39, 0.29) is 32.0 Å². The summed E-state index contributed by atoms with van der Waals surface area (Å²) in [6, 6.07) is 18.0. The SMILES string of the molecule is COC(=O)Cc1c(C)c(CNCC(=O)O)cc(NC(=O)OCC2c3ccccc3-c3ccccc32)c1C. The Morgan fingerprint density at radius 2 is 1.57 bits per heavy atom. The summed E-state index contributed by atoms with van der Waals surface area (Å²) in [5.41, 5.74) is 8.06. The van der Waals surface area contributed by atoms with E-state index in [0.29, 0.717) is 5.69 Å². The molecule has 8 nitrogen and oxygen atoms in total. The molecule has 0 radical (unpaired) electrons. The molecule has 0 unspecified atom stereocenters. The zero-order chi connectivity index (χ0) is 26.5. The minimum absolute atomic E-state index is 0.0281. The number of benzene rings is 3. The zero-order valence-corrected chi connectivity index (χ0v) is 21.1. The summed E-state index contributed by atoms with van der Waals surface area (Å²) in [5.74, 6) is -1.45. The second-order valence-electron chi connectivity index (χ2n) is 9.01. The van der Waals surface area contributed by atoms with Gasteiger partial charge in [-0.05, 0) is 64.4 Å². The molecule has 0 heterocycles. The lowest BCUT2D eigenvalue weighted by Gasteiger charge is -2.20. The Morgan fingerprint density at radius 1 is 0.946 bits per heavy atom. The number of rotatable bonds is 9. The van der Waals surface area contributed by atoms with E-state index in [4.69, 9.17) is 14.6 Å². The molecule has 3 aromatic carbocycles. The highest BCUT2D eigenvalue weighted by Gasteiger charge is 2.29. The number of ether oxygens (including phenoxy) is 2. The maximum absolute atomic E-state index is 12.9. The second kappa shape index (κ2) is 11.3. The number of carboxylic acid groups (broad SMARTS) is 1. The fraction of sp³-hybridized carbons (Fsp3) is 0.276. The van der Waals surface area contributed by atoms with E-state index < -0.39 is 18.0 Å². The van der Waals surface area contributed by atoms with Gasteiger partial charge in [-0.1, -0.05) is 48.5 Å². The summed E-state index contributed by atoms with van der Waals surface area (Å²) in [7, 11) is 1.32. The monoisotopic (exact) mass is 502 g/mol. The Bertz CT molecular complexity index is 1300. The molecule has 4 rings (SSSR count). The highest BCUT2D eigenvalue weighted by Crippen LogP contribution is 2.44. The summed E-state index contributed by atoms with van der Waals surface area (Å²) in [4.78, 5) is 35.9. The molecule has 192 valence electrons. The van der Waals surface area contributed by atoms with Crippen LogP contribution in [-0.4, -0.2) is 43.4 Å². The van der Waals surface area contributed by atoms with Crippen molar-refractivity contribution in [3.05, 3.63) is 88.0 Å². The zero-order valence-electron chi connectivity index (χ0n) is 21.1. The van der Waals surface area contributed by atoms with Crippen LogP contribution in [0.25, 0.3) is 11.1 Å². The minimum atomic E-state index is -0.975. The third-order valence-corrected chi connectivity index (χ3v) is 6.83. The average molecular weight is 503 g/mol. The molecule has 0 aliphatic heterocycles. The van der Waals surface area contributed by atoms with Crippen molar-refractivity contribution >= 4 is 23.7 Å². The molecular formula is C29H30N2O6. The first-order chi connectivity index (χ1) is 17.8. The maximum atomic E-state index is 12.9. The fourth-order valence-corrected chi connectivity index (χ4v) is 4.87. The number of carboxylic acids is 1. The molecule has 0 aromatic heterocycles. The van der Waals surface area contributed by atoms with Gasteiger partial charge in [-0.2, -0.15) is 0 Å². The average Bonchev–Trinajstić information content (AvgIpc) is 3.21. The smallest absolute Gasteiger partial charge is 0.411 e. The van der Waals surface area contributed by atoms with Gasteiger partial charge in [0.25, 0.3) is 0 Å². The van der Waals surface area contributed by atoms with Crippen LogP contribution in [0.15, 0.2) is 54.6 Å². The van der Waals surface area contributed by atoms with Crippen LogP contribution in [0.3, 0.4) is 0 Å². The lowest BCUT2D eigenvalue weighted by Crippen LogP contribution is -2.23. The van der Waals surface area contributed by atoms with Gasteiger partial charge >= 0.3 is 18.0 Å². The fourth-order valence-electron chi connectivity index (χ4n) is 4.87. The van der Waals surface area contributed by atoms with E-state index in [2.05, 4.69) is 34.9 Å². The molecule has 0 bridgehead atoms. The number of aliphatic carboxylic acids is 1. The van der Waals surface area contributed by atoms with Crippen molar-refractivity contribution in [2.45, 2.75) is 32.7 Å². The van der Waals surface area contributed by atoms with Gasteiger partial charge in [0.2, 0.25) is 0 Å². The van der Waals surface area contributed by atoms with E-state index in [1.165, 1.54) is 7.11 Å². The van der Waals surface area contributed by atoms with Crippen LogP contribution in [0.1, 0.15) is 39.3 Å². The standard InChI is InChI=1S/C29H30N2O6/c1-17-19(14-30-15-27(32)33)12-26(18(2)24(17)13-28(34)36-3)31-29(35)37-16-25-22-10-6-4-8-20(22)21-9-5-7-11-23(21)25/h4-12,25,30H,13-16H2,1-3H3,(H,31,35)(H,32,33). The van der Waals surface area contributed by atoms with E-state index >= 15 is 0 Å². The Balaban J connectivity index is 1.53. The number of esters is 1. The predicted molar refractivity (Wildman–Crippen MR) is 140 cm³/mol. The van der Waals surface area contributed by atoms with Crippen LogP contribution in [0.4, 0.5) is 10.5 Å². The largest absolute Gasteiger partial charge is 0.480 e. The van der Waals surface area contributed by atoms with Crippen molar-refractivity contribution in [1.29, 1.82) is 0 Å². The molecule has 0 spiro atoms. The number of amides is 1. The Morgan fingerprint density at radius 3 is 2.16 bits per heavy atom. The first-order valence-corrected chi connectivity index (χ1v) is 12.0. The Kier molecular flexibility index (Phi) is 7.89. The third-order valence-electron chi connectivity index (χ3n) is 6.83. The van der Waals surface area contributed by atoms with Crippen LogP contribution in [-0.2, 0) is 32.0 Å². The van der Waals surface area contributed by atoms with Crippen molar-refractivity contribution < 1.29 is 29.0 Å². The van der Waals surface area contributed by atoms with E-state index in [0.717, 1.165) is 44.5 Å². The molecule has 0 saturated heterocycles. The lowest BCUT2D eigenvalue weighted by molar-refractivity contribution is -0.140. The number of anilines is 1. The molecule has 37 heavy (non-hydrogen) atoms. The number of methoxy groups -OCH3 is 1. The van der Waals surface area contributed by atoms with Gasteiger partial charge in [0, 0.05) is 18.2 Å². The Labute approximate surface area is 215 Å². The summed E-state index contributed by atoms with van der Waals surface area (Å²) >= 11 is 0. The van der Waals surface area contributed by atoms with Gasteiger partial charge in [0.1, 0.15) is 6.61 Å². The van der Waals surface area contributed by atoms with Crippen molar-refractivity contribution in [3.8, 4) is 11.1 Å². The molecule has 3 aromatic rings. The highest BCUT2D eigenvalue weighted by atomic mass is 16.5. The van der Waals surface area contributed by atoms with Crippen LogP contribution in [0.5, 0.6) is 0 Å². The molecule has 1 aliphatic rings. The van der Waals surface area contributed by atoms with Crippen LogP contribution in [0.2, 0.25) is 0 Å². The molecule has 0 atom stereocenters. The lowest BCUT2D eigenvalue weighted by atomic mass is 9.93. The molecular weight excluding hydrogens is 472 g/mol. The predicted octanol–water partition coefficient (Wildman–Crippen LogP) is 4.55. The number of hydrogen-bond acceptors (Lipinski definition) is 6. The topological polar surface area (TPSA) is 114 Å². The van der Waals surface area contributed by atoms with Crippen LogP contribution < -0.4 is 10.6 Å². The maximum Gasteiger partial charge on any atom is 0.411 e. The van der Waals surface area contributed by atoms with Crippen molar-refractivity contribution in [3.63, 3.8) is 0 Å². The first kappa shape index (κ1) is 25.9. The van der Waals surface area contributed by atoms with E-state index in [1.807, 2.05) is 38.1 Å². The molecule has 0 saturated carbocycles. The number of carbonyl (C=O) groups excluding carboxylic acids is 2.